The van der Waals surface area contributed by atoms with Crippen molar-refractivity contribution in [2.45, 2.75) is 31.4 Å². The molecule has 2 unspecified atom stereocenters. The van der Waals surface area contributed by atoms with E-state index < -0.39 is 5.82 Å². The molecular weight excluding hydrogens is 459 g/mol. The third-order valence-corrected chi connectivity index (χ3v) is 5.66. The highest BCUT2D eigenvalue weighted by atomic mass is 35.5. The normalized spacial score (nSPS) is 19.7. The zero-order chi connectivity index (χ0) is 23.5. The van der Waals surface area contributed by atoms with Crippen LogP contribution in [0.25, 0.3) is 10.9 Å². The molecule has 3 heterocycles. The van der Waals surface area contributed by atoms with Crippen LogP contribution in [-0.4, -0.2) is 39.0 Å². The van der Waals surface area contributed by atoms with Crippen LogP contribution in [-0.2, 0) is 16.1 Å². The molecule has 2 atom stereocenters. The lowest BCUT2D eigenvalue weighted by Crippen LogP contribution is -2.16. The summed E-state index contributed by atoms with van der Waals surface area (Å²) < 4.78 is 24.6. The lowest BCUT2D eigenvalue weighted by atomic mass is 10.1. The molecule has 0 saturated heterocycles. The van der Waals surface area contributed by atoms with E-state index in [0.29, 0.717) is 36.2 Å². The number of benzene rings is 1. The van der Waals surface area contributed by atoms with Gasteiger partial charge >= 0.3 is 0 Å². The van der Waals surface area contributed by atoms with Crippen LogP contribution < -0.4 is 10.6 Å². The fourth-order valence-electron chi connectivity index (χ4n) is 3.63. The number of alkyl halides is 1. The maximum absolute atomic E-state index is 13.3. The molecule has 5 rings (SSSR count). The summed E-state index contributed by atoms with van der Waals surface area (Å²) in [5.41, 5.74) is 3.15. The molecule has 2 aliphatic rings. The van der Waals surface area contributed by atoms with Crippen molar-refractivity contribution in [1.82, 2.24) is 15.0 Å². The van der Waals surface area contributed by atoms with Crippen molar-refractivity contribution in [2.75, 3.05) is 17.2 Å². The maximum atomic E-state index is 13.3. The summed E-state index contributed by atoms with van der Waals surface area (Å²) in [7, 11) is 0. The minimum atomic E-state index is -0.402. The SMILES string of the molecule is CC1COC(Nc2ccc3ncnc(NC4=CC=C(OCc5cncc(F)c5)C(Cl)C4)c3c2)=N1. The maximum Gasteiger partial charge on any atom is 0.289 e. The van der Waals surface area contributed by atoms with Crippen LogP contribution in [0.4, 0.5) is 15.9 Å². The number of aliphatic imine (C=N–C) groups is 1. The summed E-state index contributed by atoms with van der Waals surface area (Å²) in [4.78, 5) is 17.0. The predicted octanol–water partition coefficient (Wildman–Crippen LogP) is 4.76. The van der Waals surface area contributed by atoms with Gasteiger partial charge in [0.1, 0.15) is 36.9 Å². The molecular formula is C24H22ClFN6O2. The van der Waals surface area contributed by atoms with Gasteiger partial charge in [-0.2, -0.15) is 0 Å². The molecule has 8 nitrogen and oxygen atoms in total. The molecule has 10 heteroatoms. The van der Waals surface area contributed by atoms with E-state index >= 15 is 0 Å². The van der Waals surface area contributed by atoms with E-state index in [4.69, 9.17) is 21.1 Å². The first kappa shape index (κ1) is 22.1. The summed E-state index contributed by atoms with van der Waals surface area (Å²) in [6.07, 6.45) is 8.46. The van der Waals surface area contributed by atoms with Crippen molar-refractivity contribution in [2.24, 2.45) is 4.99 Å². The number of nitrogens with one attached hydrogen (secondary N) is 2. The van der Waals surface area contributed by atoms with Crippen LogP contribution in [0.15, 0.2) is 71.6 Å². The van der Waals surface area contributed by atoms with Crippen LogP contribution in [0.3, 0.4) is 0 Å². The third kappa shape index (κ3) is 5.09. The Morgan fingerprint density at radius 2 is 2.09 bits per heavy atom. The number of hydrogen-bond acceptors (Lipinski definition) is 8. The average Bonchev–Trinajstić information content (AvgIpc) is 3.23. The number of allylic oxidation sites excluding steroid dienone is 4. The van der Waals surface area contributed by atoms with E-state index in [1.165, 1.54) is 12.4 Å². The van der Waals surface area contributed by atoms with Gasteiger partial charge in [-0.1, -0.05) is 0 Å². The first-order chi connectivity index (χ1) is 16.5. The molecule has 0 saturated carbocycles. The van der Waals surface area contributed by atoms with Gasteiger partial charge in [0, 0.05) is 35.0 Å². The number of ether oxygens (including phenoxy) is 2. The van der Waals surface area contributed by atoms with Crippen LogP contribution in [0, 0.1) is 5.82 Å². The summed E-state index contributed by atoms with van der Waals surface area (Å²) in [5, 5.41) is 7.02. The van der Waals surface area contributed by atoms with E-state index in [1.54, 1.807) is 6.20 Å². The van der Waals surface area contributed by atoms with Gasteiger partial charge in [-0.05, 0) is 43.3 Å². The minimum absolute atomic E-state index is 0.137. The van der Waals surface area contributed by atoms with Crippen molar-refractivity contribution in [3.8, 4) is 0 Å². The van der Waals surface area contributed by atoms with Crippen molar-refractivity contribution in [3.05, 3.63) is 78.0 Å². The summed E-state index contributed by atoms with van der Waals surface area (Å²) in [5.74, 6) is 0.873. The number of hydrogen-bond donors (Lipinski definition) is 2. The van der Waals surface area contributed by atoms with Crippen molar-refractivity contribution >= 4 is 40.0 Å². The van der Waals surface area contributed by atoms with Gasteiger partial charge in [0.2, 0.25) is 0 Å². The Labute approximate surface area is 200 Å². The number of aromatic nitrogens is 3. The number of nitrogens with zero attached hydrogens (tertiary/aromatic N) is 4. The second-order valence-electron chi connectivity index (χ2n) is 8.03. The average molecular weight is 481 g/mol. The van der Waals surface area contributed by atoms with Crippen molar-refractivity contribution < 1.29 is 13.9 Å². The van der Waals surface area contributed by atoms with E-state index in [9.17, 15) is 4.39 Å². The molecule has 2 N–H and O–H groups in total. The molecule has 0 radical (unpaired) electrons. The zero-order valence-electron chi connectivity index (χ0n) is 18.3. The summed E-state index contributed by atoms with van der Waals surface area (Å²) in [6, 6.07) is 7.81. The molecule has 1 aliphatic carbocycles. The highest BCUT2D eigenvalue weighted by molar-refractivity contribution is 6.22. The zero-order valence-corrected chi connectivity index (χ0v) is 19.1. The first-order valence-electron chi connectivity index (χ1n) is 10.8. The fourth-order valence-corrected chi connectivity index (χ4v) is 3.94. The van der Waals surface area contributed by atoms with Gasteiger partial charge in [-0.25, -0.2) is 19.4 Å². The molecule has 2 aromatic heterocycles. The Hall–Kier alpha value is -3.72. The van der Waals surface area contributed by atoms with Crippen LogP contribution >= 0.6 is 11.6 Å². The topological polar surface area (TPSA) is 93.5 Å². The molecule has 34 heavy (non-hydrogen) atoms. The van der Waals surface area contributed by atoms with Crippen molar-refractivity contribution in [3.63, 3.8) is 0 Å². The fraction of sp³-hybridized carbons (Fsp3) is 0.250. The molecule has 0 bridgehead atoms. The Morgan fingerprint density at radius 1 is 1.18 bits per heavy atom. The Morgan fingerprint density at radius 3 is 2.88 bits per heavy atom. The lowest BCUT2D eigenvalue weighted by molar-refractivity contribution is 0.189. The van der Waals surface area contributed by atoms with E-state index in [1.807, 2.05) is 37.3 Å². The molecule has 0 fully saturated rings. The Bertz CT molecular complexity index is 1310. The van der Waals surface area contributed by atoms with Gasteiger partial charge in [-0.3, -0.25) is 4.98 Å². The van der Waals surface area contributed by atoms with E-state index in [0.717, 1.165) is 28.5 Å². The number of fused-ring (bicyclic) bond motifs is 1. The minimum Gasteiger partial charge on any atom is -0.492 e. The van der Waals surface area contributed by atoms with Crippen LogP contribution in [0.1, 0.15) is 18.9 Å². The first-order valence-corrected chi connectivity index (χ1v) is 11.2. The van der Waals surface area contributed by atoms with Crippen molar-refractivity contribution in [1.29, 1.82) is 0 Å². The lowest BCUT2D eigenvalue weighted by Gasteiger charge is -2.21. The number of rotatable bonds is 6. The predicted molar refractivity (Wildman–Crippen MR) is 129 cm³/mol. The molecule has 0 amide bonds. The van der Waals surface area contributed by atoms with E-state index in [2.05, 4.69) is 30.6 Å². The van der Waals surface area contributed by atoms with Crippen LogP contribution in [0.5, 0.6) is 0 Å². The quantitative estimate of drug-likeness (QED) is 0.491. The molecule has 0 spiro atoms. The largest absolute Gasteiger partial charge is 0.492 e. The van der Waals surface area contributed by atoms with Gasteiger partial charge in [-0.15, -0.1) is 11.6 Å². The number of pyridine rings is 1. The van der Waals surface area contributed by atoms with Gasteiger partial charge in [0.25, 0.3) is 6.02 Å². The highest BCUT2D eigenvalue weighted by Crippen LogP contribution is 2.29. The van der Waals surface area contributed by atoms with Gasteiger partial charge in [0.05, 0.1) is 23.1 Å². The Kier molecular flexibility index (Phi) is 6.27. The standard InChI is InChI=1S/C24H22ClFN6O2/c1-14-11-34-24(30-14)32-17-2-4-21-19(7-17)23(29-13-28-21)31-18-3-5-22(20(25)8-18)33-12-15-6-16(26)10-27-9-15/h2-7,9-10,13-14,20H,8,11-12H2,1H3,(H,30,32)(H,28,29,31). The number of halogens is 2. The second-order valence-corrected chi connectivity index (χ2v) is 8.56. The second kappa shape index (κ2) is 9.64. The summed E-state index contributed by atoms with van der Waals surface area (Å²) in [6.45, 7) is 2.75. The summed E-state index contributed by atoms with van der Waals surface area (Å²) >= 11 is 6.56. The van der Waals surface area contributed by atoms with Gasteiger partial charge < -0.3 is 20.1 Å². The van der Waals surface area contributed by atoms with Gasteiger partial charge in [0.15, 0.2) is 0 Å². The number of amidine groups is 1. The number of anilines is 2. The van der Waals surface area contributed by atoms with E-state index in [-0.39, 0.29) is 18.0 Å². The molecule has 1 aromatic carbocycles. The molecule has 1 aliphatic heterocycles. The van der Waals surface area contributed by atoms with Crippen LogP contribution in [0.2, 0.25) is 0 Å². The molecule has 174 valence electrons. The Balaban J connectivity index is 1.31. The third-order valence-electron chi connectivity index (χ3n) is 5.29. The monoisotopic (exact) mass is 480 g/mol. The highest BCUT2D eigenvalue weighted by Gasteiger charge is 2.20. The smallest absolute Gasteiger partial charge is 0.289 e. The molecule has 3 aromatic rings.